The number of H-pyrrole nitrogens is 1. The van der Waals surface area contributed by atoms with Crippen molar-refractivity contribution >= 4 is 23.5 Å². The summed E-state index contributed by atoms with van der Waals surface area (Å²) in [5.41, 5.74) is 2.55. The molecule has 2 aromatic heterocycles. The second kappa shape index (κ2) is 5.84. The predicted octanol–water partition coefficient (Wildman–Crippen LogP) is 2.11. The van der Waals surface area contributed by atoms with Crippen LogP contribution in [0.25, 0.3) is 0 Å². The van der Waals surface area contributed by atoms with Crippen molar-refractivity contribution in [1.29, 1.82) is 0 Å². The van der Waals surface area contributed by atoms with Gasteiger partial charge in [-0.15, -0.1) is 11.8 Å². The van der Waals surface area contributed by atoms with Crippen LogP contribution in [0.2, 0.25) is 0 Å². The number of carbonyl (C=O) groups excluding carboxylic acids is 1. The first kappa shape index (κ1) is 15.6. The van der Waals surface area contributed by atoms with Crippen LogP contribution in [0.3, 0.4) is 0 Å². The first-order chi connectivity index (χ1) is 11.6. The van der Waals surface area contributed by atoms with Crippen molar-refractivity contribution in [2.24, 2.45) is 7.05 Å². The molecule has 0 radical (unpaired) electrons. The zero-order valence-corrected chi connectivity index (χ0v) is 14.7. The van der Waals surface area contributed by atoms with E-state index in [-0.39, 0.29) is 22.8 Å². The molecule has 2 aliphatic rings. The molecule has 128 valence electrons. The van der Waals surface area contributed by atoms with Crippen molar-refractivity contribution in [3.8, 4) is 0 Å². The van der Waals surface area contributed by atoms with Gasteiger partial charge in [-0.1, -0.05) is 12.8 Å². The van der Waals surface area contributed by atoms with Gasteiger partial charge < -0.3 is 5.32 Å². The summed E-state index contributed by atoms with van der Waals surface area (Å²) in [4.78, 5) is 24.9. The Morgan fingerprint density at radius 2 is 2.04 bits per heavy atom. The summed E-state index contributed by atoms with van der Waals surface area (Å²) in [7, 11) is 1.89. The lowest BCUT2D eigenvalue weighted by atomic mass is 10.1. The zero-order chi connectivity index (χ0) is 16.8. The van der Waals surface area contributed by atoms with Gasteiger partial charge in [0.1, 0.15) is 5.82 Å². The molecule has 0 saturated heterocycles. The van der Waals surface area contributed by atoms with Gasteiger partial charge in [-0.3, -0.25) is 24.1 Å². The number of rotatable bonds is 2. The molecule has 1 aliphatic heterocycles. The molecule has 2 N–H and O–H groups in total. The van der Waals surface area contributed by atoms with E-state index in [1.165, 1.54) is 11.8 Å². The number of amides is 1. The van der Waals surface area contributed by atoms with Crippen LogP contribution in [-0.4, -0.2) is 31.2 Å². The van der Waals surface area contributed by atoms with E-state index in [0.29, 0.717) is 17.1 Å². The molecular formula is C16H21N5O2S. The minimum Gasteiger partial charge on any atom is -0.310 e. The Hall–Kier alpha value is -1.96. The standard InChI is InChI=1S/C16H21N5O2S/c1-9-11(7-17-20(9)2)14-13-15(18-12(22)8-24-14)21(19-16(13)23)10-5-3-4-6-10/h7,10,14H,3-6,8H2,1-2H3,(H,18,22)(H,19,23)/t14-/m1/s1. The summed E-state index contributed by atoms with van der Waals surface area (Å²) in [6.07, 6.45) is 6.20. The fourth-order valence-corrected chi connectivity index (χ4v) is 4.89. The Kier molecular flexibility index (Phi) is 3.79. The van der Waals surface area contributed by atoms with Crippen molar-refractivity contribution in [3.05, 3.63) is 33.4 Å². The van der Waals surface area contributed by atoms with Crippen molar-refractivity contribution in [2.75, 3.05) is 11.1 Å². The van der Waals surface area contributed by atoms with Gasteiger partial charge in [0, 0.05) is 18.3 Å². The fourth-order valence-electron chi connectivity index (χ4n) is 3.70. The van der Waals surface area contributed by atoms with Gasteiger partial charge in [-0.25, -0.2) is 0 Å². The van der Waals surface area contributed by atoms with Crippen LogP contribution in [-0.2, 0) is 11.8 Å². The predicted molar refractivity (Wildman–Crippen MR) is 93.4 cm³/mol. The maximum Gasteiger partial charge on any atom is 0.270 e. The molecule has 0 bridgehead atoms. The van der Waals surface area contributed by atoms with Crippen LogP contribution >= 0.6 is 11.8 Å². The largest absolute Gasteiger partial charge is 0.310 e. The molecule has 3 heterocycles. The minimum absolute atomic E-state index is 0.0592. The van der Waals surface area contributed by atoms with E-state index in [0.717, 1.165) is 36.9 Å². The van der Waals surface area contributed by atoms with Crippen LogP contribution in [0.15, 0.2) is 11.0 Å². The molecule has 0 aromatic carbocycles. The molecule has 1 atom stereocenters. The van der Waals surface area contributed by atoms with Gasteiger partial charge in [-0.2, -0.15) is 5.10 Å². The average Bonchev–Trinajstić information content (AvgIpc) is 3.22. The van der Waals surface area contributed by atoms with E-state index in [1.807, 2.05) is 18.7 Å². The maximum atomic E-state index is 12.7. The molecule has 24 heavy (non-hydrogen) atoms. The monoisotopic (exact) mass is 347 g/mol. The second-order valence-electron chi connectivity index (χ2n) is 6.56. The summed E-state index contributed by atoms with van der Waals surface area (Å²) in [5, 5.41) is 10.1. The van der Waals surface area contributed by atoms with E-state index >= 15 is 0 Å². The fraction of sp³-hybridized carbons (Fsp3) is 0.562. The van der Waals surface area contributed by atoms with Crippen molar-refractivity contribution < 1.29 is 4.79 Å². The number of aryl methyl sites for hydroxylation is 1. The molecule has 7 nitrogen and oxygen atoms in total. The minimum atomic E-state index is -0.181. The molecule has 4 rings (SSSR count). The number of carbonyl (C=O) groups is 1. The Labute approximate surface area is 143 Å². The summed E-state index contributed by atoms with van der Waals surface area (Å²) < 4.78 is 3.70. The van der Waals surface area contributed by atoms with Gasteiger partial charge >= 0.3 is 0 Å². The SMILES string of the molecule is Cc1c([C@H]2SCC(=O)Nc3c2c(=O)[nH]n3C2CCCC2)cnn1C. The third-order valence-electron chi connectivity index (χ3n) is 5.11. The number of hydrogen-bond acceptors (Lipinski definition) is 4. The average molecular weight is 347 g/mol. The van der Waals surface area contributed by atoms with Crippen molar-refractivity contribution in [3.63, 3.8) is 0 Å². The summed E-state index contributed by atoms with van der Waals surface area (Å²) in [6.45, 7) is 1.99. The Morgan fingerprint density at radius 1 is 1.29 bits per heavy atom. The van der Waals surface area contributed by atoms with Gasteiger partial charge in [0.2, 0.25) is 5.91 Å². The first-order valence-corrected chi connectivity index (χ1v) is 9.35. The molecule has 1 amide bonds. The number of fused-ring (bicyclic) bond motifs is 1. The number of aromatic nitrogens is 4. The van der Waals surface area contributed by atoms with E-state index in [9.17, 15) is 9.59 Å². The smallest absolute Gasteiger partial charge is 0.270 e. The van der Waals surface area contributed by atoms with Crippen LogP contribution in [0, 0.1) is 6.92 Å². The van der Waals surface area contributed by atoms with Crippen LogP contribution in [0.1, 0.15) is 53.8 Å². The lowest BCUT2D eigenvalue weighted by Crippen LogP contribution is -2.18. The maximum absolute atomic E-state index is 12.7. The van der Waals surface area contributed by atoms with Gasteiger partial charge in [0.25, 0.3) is 5.56 Å². The van der Waals surface area contributed by atoms with Gasteiger partial charge in [0.05, 0.1) is 28.8 Å². The highest BCUT2D eigenvalue weighted by Gasteiger charge is 2.34. The lowest BCUT2D eigenvalue weighted by molar-refractivity contribution is -0.113. The van der Waals surface area contributed by atoms with E-state index in [1.54, 1.807) is 10.9 Å². The Bertz CT molecular complexity index is 843. The molecule has 0 unspecified atom stereocenters. The van der Waals surface area contributed by atoms with E-state index < -0.39 is 0 Å². The van der Waals surface area contributed by atoms with E-state index in [2.05, 4.69) is 15.5 Å². The van der Waals surface area contributed by atoms with Crippen molar-refractivity contribution in [1.82, 2.24) is 19.6 Å². The molecule has 2 aromatic rings. The topological polar surface area (TPSA) is 84.7 Å². The number of nitrogens with zero attached hydrogens (tertiary/aromatic N) is 3. The van der Waals surface area contributed by atoms with Crippen LogP contribution in [0.4, 0.5) is 5.82 Å². The summed E-state index contributed by atoms with van der Waals surface area (Å²) in [6, 6.07) is 0.264. The molecule has 8 heteroatoms. The molecule has 1 aliphatic carbocycles. The highest BCUT2D eigenvalue weighted by atomic mass is 32.2. The summed E-state index contributed by atoms with van der Waals surface area (Å²) >= 11 is 1.49. The quantitative estimate of drug-likeness (QED) is 0.871. The third-order valence-corrected chi connectivity index (χ3v) is 6.36. The Balaban J connectivity index is 1.87. The molecule has 1 fully saturated rings. The lowest BCUT2D eigenvalue weighted by Gasteiger charge is -2.16. The number of hydrogen-bond donors (Lipinski definition) is 2. The number of thioether (sulfide) groups is 1. The first-order valence-electron chi connectivity index (χ1n) is 8.30. The van der Waals surface area contributed by atoms with Crippen LogP contribution < -0.4 is 10.9 Å². The number of aromatic amines is 1. The highest BCUT2D eigenvalue weighted by molar-refractivity contribution is 8.00. The molecular weight excluding hydrogens is 326 g/mol. The summed E-state index contributed by atoms with van der Waals surface area (Å²) in [5.74, 6) is 0.920. The van der Waals surface area contributed by atoms with Crippen molar-refractivity contribution in [2.45, 2.75) is 43.9 Å². The second-order valence-corrected chi connectivity index (χ2v) is 7.65. The van der Waals surface area contributed by atoms with E-state index in [4.69, 9.17) is 0 Å². The van der Waals surface area contributed by atoms with Crippen LogP contribution in [0.5, 0.6) is 0 Å². The molecule has 0 spiro atoms. The number of anilines is 1. The number of nitrogens with one attached hydrogen (secondary N) is 2. The normalized spacial score (nSPS) is 21.6. The third kappa shape index (κ3) is 2.40. The highest BCUT2D eigenvalue weighted by Crippen LogP contribution is 2.42. The molecule has 1 saturated carbocycles. The Morgan fingerprint density at radius 3 is 2.71 bits per heavy atom. The van der Waals surface area contributed by atoms with Gasteiger partial charge in [-0.05, 0) is 19.8 Å². The van der Waals surface area contributed by atoms with Gasteiger partial charge in [0.15, 0.2) is 0 Å². The zero-order valence-electron chi connectivity index (χ0n) is 13.8.